The molecule has 0 aliphatic heterocycles. The molecular weight excluding hydrogens is 332 g/mol. The van der Waals surface area contributed by atoms with Crippen LogP contribution in [0.1, 0.15) is 16.7 Å². The summed E-state index contributed by atoms with van der Waals surface area (Å²) in [5.74, 6) is 0.734. The van der Waals surface area contributed by atoms with Crippen molar-refractivity contribution in [1.29, 1.82) is 0 Å². The Bertz CT molecular complexity index is 665. The molecule has 4 heteroatoms. The van der Waals surface area contributed by atoms with Gasteiger partial charge in [0.25, 0.3) is 0 Å². The molecule has 0 aromatic heterocycles. The van der Waals surface area contributed by atoms with Gasteiger partial charge in [-0.05, 0) is 77.7 Å². The number of esters is 1. The van der Waals surface area contributed by atoms with Crippen LogP contribution in [-0.4, -0.2) is 12.6 Å². The minimum Gasteiger partial charge on any atom is -0.481 e. The molecule has 0 bridgehead atoms. The first-order valence-electron chi connectivity index (χ1n) is 6.62. The lowest BCUT2D eigenvalue weighted by Crippen LogP contribution is -2.17. The molecule has 0 atom stereocenters. The molecule has 2 aromatic rings. The second-order valence-corrected chi connectivity index (χ2v) is 5.80. The Hall–Kier alpha value is -1.81. The number of rotatable bonds is 4. The Balaban J connectivity index is 1.94. The highest BCUT2D eigenvalue weighted by Crippen LogP contribution is 2.25. The molecule has 0 unspecified atom stereocenters. The third kappa shape index (κ3) is 4.33. The van der Waals surface area contributed by atoms with E-state index in [1.807, 2.05) is 51.1 Å². The van der Waals surface area contributed by atoms with Crippen LogP contribution in [0.5, 0.6) is 11.5 Å². The van der Waals surface area contributed by atoms with Gasteiger partial charge in [0.2, 0.25) is 0 Å². The van der Waals surface area contributed by atoms with E-state index in [2.05, 4.69) is 15.9 Å². The van der Waals surface area contributed by atoms with Gasteiger partial charge < -0.3 is 9.47 Å². The third-order valence-corrected chi connectivity index (χ3v) is 3.76. The summed E-state index contributed by atoms with van der Waals surface area (Å²) in [4.78, 5) is 11.8. The monoisotopic (exact) mass is 348 g/mol. The first-order valence-corrected chi connectivity index (χ1v) is 7.42. The van der Waals surface area contributed by atoms with Crippen LogP contribution in [0.25, 0.3) is 0 Å². The van der Waals surface area contributed by atoms with Gasteiger partial charge in [0, 0.05) is 0 Å². The van der Waals surface area contributed by atoms with Crippen molar-refractivity contribution in [2.75, 3.05) is 6.61 Å². The van der Waals surface area contributed by atoms with E-state index in [1.54, 1.807) is 6.07 Å². The molecule has 0 amide bonds. The zero-order valence-corrected chi connectivity index (χ0v) is 13.9. The lowest BCUT2D eigenvalue weighted by atomic mass is 10.1. The van der Waals surface area contributed by atoms with Crippen molar-refractivity contribution in [3.05, 3.63) is 57.6 Å². The van der Waals surface area contributed by atoms with Crippen molar-refractivity contribution < 1.29 is 14.3 Å². The zero-order valence-electron chi connectivity index (χ0n) is 12.3. The zero-order chi connectivity index (χ0) is 15.4. The number of carbonyl (C=O) groups is 1. The van der Waals surface area contributed by atoms with Crippen LogP contribution in [0.4, 0.5) is 0 Å². The maximum absolute atomic E-state index is 11.8. The predicted molar refractivity (Wildman–Crippen MR) is 85.9 cm³/mol. The molecule has 2 aromatic carbocycles. The Morgan fingerprint density at radius 2 is 1.81 bits per heavy atom. The summed E-state index contributed by atoms with van der Waals surface area (Å²) in [6.45, 7) is 5.85. The molecule has 0 saturated heterocycles. The van der Waals surface area contributed by atoms with Gasteiger partial charge in [-0.25, -0.2) is 4.79 Å². The molecule has 0 fully saturated rings. The van der Waals surface area contributed by atoms with E-state index in [4.69, 9.17) is 9.47 Å². The van der Waals surface area contributed by atoms with Gasteiger partial charge >= 0.3 is 5.97 Å². The van der Waals surface area contributed by atoms with E-state index in [-0.39, 0.29) is 6.61 Å². The summed E-state index contributed by atoms with van der Waals surface area (Å²) in [6, 6.07) is 11.2. The maximum Gasteiger partial charge on any atom is 0.349 e. The lowest BCUT2D eigenvalue weighted by Gasteiger charge is -2.09. The average molecular weight is 349 g/mol. The predicted octanol–water partition coefficient (Wildman–Crippen LogP) is 4.36. The van der Waals surface area contributed by atoms with Crippen molar-refractivity contribution >= 4 is 21.9 Å². The molecule has 0 N–H and O–H groups in total. The summed E-state index contributed by atoms with van der Waals surface area (Å²) in [6.07, 6.45) is 0. The molecule has 0 spiro atoms. The summed E-state index contributed by atoms with van der Waals surface area (Å²) in [5.41, 5.74) is 3.36. The van der Waals surface area contributed by atoms with E-state index >= 15 is 0 Å². The maximum atomic E-state index is 11.8. The van der Waals surface area contributed by atoms with Crippen LogP contribution in [0.2, 0.25) is 0 Å². The molecule has 0 radical (unpaired) electrons. The van der Waals surface area contributed by atoms with Crippen molar-refractivity contribution in [2.45, 2.75) is 20.8 Å². The number of benzene rings is 2. The fourth-order valence-electron chi connectivity index (χ4n) is 1.80. The topological polar surface area (TPSA) is 35.5 Å². The van der Waals surface area contributed by atoms with Crippen LogP contribution in [0.15, 0.2) is 40.9 Å². The van der Waals surface area contributed by atoms with Crippen LogP contribution in [0.3, 0.4) is 0 Å². The lowest BCUT2D eigenvalue weighted by molar-refractivity contribution is -0.136. The van der Waals surface area contributed by atoms with E-state index in [9.17, 15) is 4.79 Å². The Kier molecular flexibility index (Phi) is 5.02. The molecule has 0 saturated carbocycles. The number of carbonyl (C=O) groups excluding carboxylic acids is 1. The van der Waals surface area contributed by atoms with Gasteiger partial charge in [-0.2, -0.15) is 0 Å². The number of ether oxygens (including phenoxy) is 2. The summed E-state index contributed by atoms with van der Waals surface area (Å²) < 4.78 is 11.5. The molecule has 21 heavy (non-hydrogen) atoms. The number of hydrogen-bond donors (Lipinski definition) is 0. The van der Waals surface area contributed by atoms with Crippen LogP contribution >= 0.6 is 15.9 Å². The summed E-state index contributed by atoms with van der Waals surface area (Å²) in [7, 11) is 0. The van der Waals surface area contributed by atoms with Crippen molar-refractivity contribution in [2.24, 2.45) is 0 Å². The smallest absolute Gasteiger partial charge is 0.349 e. The van der Waals surface area contributed by atoms with Gasteiger partial charge in [0.15, 0.2) is 6.61 Å². The SMILES string of the molecule is Cc1ccc(OCC(=O)Oc2ccc(C)c(C)c2)c(Br)c1. The fourth-order valence-corrected chi connectivity index (χ4v) is 2.41. The van der Waals surface area contributed by atoms with Crippen molar-refractivity contribution in [1.82, 2.24) is 0 Å². The highest BCUT2D eigenvalue weighted by Gasteiger charge is 2.09. The van der Waals surface area contributed by atoms with E-state index in [0.717, 1.165) is 21.2 Å². The number of halogens is 1. The van der Waals surface area contributed by atoms with Gasteiger partial charge in [-0.1, -0.05) is 12.1 Å². The quantitative estimate of drug-likeness (QED) is 0.608. The van der Waals surface area contributed by atoms with Gasteiger partial charge in [-0.3, -0.25) is 0 Å². The van der Waals surface area contributed by atoms with Crippen molar-refractivity contribution in [3.8, 4) is 11.5 Å². The number of aryl methyl sites for hydroxylation is 3. The molecular formula is C17H17BrO3. The van der Waals surface area contributed by atoms with E-state index in [0.29, 0.717) is 11.5 Å². The average Bonchev–Trinajstić information content (AvgIpc) is 2.42. The minimum absolute atomic E-state index is 0.130. The van der Waals surface area contributed by atoms with Crippen LogP contribution < -0.4 is 9.47 Å². The molecule has 0 aliphatic carbocycles. The number of hydrogen-bond acceptors (Lipinski definition) is 3. The third-order valence-electron chi connectivity index (χ3n) is 3.14. The van der Waals surface area contributed by atoms with Gasteiger partial charge in [0.1, 0.15) is 11.5 Å². The molecule has 2 rings (SSSR count). The van der Waals surface area contributed by atoms with E-state index in [1.165, 1.54) is 0 Å². The van der Waals surface area contributed by atoms with Crippen molar-refractivity contribution in [3.63, 3.8) is 0 Å². The first kappa shape index (κ1) is 15.6. The van der Waals surface area contributed by atoms with Crippen LogP contribution in [-0.2, 0) is 4.79 Å². The second kappa shape index (κ2) is 6.76. The van der Waals surface area contributed by atoms with E-state index < -0.39 is 5.97 Å². The molecule has 3 nitrogen and oxygen atoms in total. The fraction of sp³-hybridized carbons (Fsp3) is 0.235. The highest BCUT2D eigenvalue weighted by molar-refractivity contribution is 9.10. The largest absolute Gasteiger partial charge is 0.481 e. The van der Waals surface area contributed by atoms with Crippen LogP contribution in [0, 0.1) is 20.8 Å². The second-order valence-electron chi connectivity index (χ2n) is 4.94. The Labute approximate surface area is 133 Å². The summed E-state index contributed by atoms with van der Waals surface area (Å²) >= 11 is 3.40. The standard InChI is InChI=1S/C17H17BrO3/c1-11-4-7-16(15(18)8-11)20-10-17(19)21-14-6-5-12(2)13(3)9-14/h4-9H,10H2,1-3H3. The molecule has 0 aliphatic rings. The minimum atomic E-state index is -0.425. The molecule has 0 heterocycles. The normalized spacial score (nSPS) is 10.3. The molecule has 110 valence electrons. The van der Waals surface area contributed by atoms with Gasteiger partial charge in [-0.15, -0.1) is 0 Å². The Morgan fingerprint density at radius 1 is 1.05 bits per heavy atom. The van der Waals surface area contributed by atoms with Gasteiger partial charge in [0.05, 0.1) is 4.47 Å². The Morgan fingerprint density at radius 3 is 2.48 bits per heavy atom. The highest BCUT2D eigenvalue weighted by atomic mass is 79.9. The summed E-state index contributed by atoms with van der Waals surface area (Å²) in [5, 5.41) is 0. The first-order chi connectivity index (χ1) is 9.95.